The van der Waals surface area contributed by atoms with Gasteiger partial charge in [-0.1, -0.05) is 13.8 Å². The van der Waals surface area contributed by atoms with Crippen LogP contribution < -0.4 is 10.2 Å². The number of nitrogens with one attached hydrogen (secondary N) is 1. The second kappa shape index (κ2) is 4.51. The van der Waals surface area contributed by atoms with Gasteiger partial charge in [0, 0.05) is 25.7 Å². The Kier molecular flexibility index (Phi) is 3.22. The van der Waals surface area contributed by atoms with Crippen molar-refractivity contribution in [3.8, 4) is 0 Å². The number of aromatic nitrogens is 2. The molecule has 0 atom stereocenters. The fourth-order valence-corrected chi connectivity index (χ4v) is 2.62. The Labute approximate surface area is 103 Å². The molecule has 0 unspecified atom stereocenters. The molecule has 4 heteroatoms. The Morgan fingerprint density at radius 1 is 1.35 bits per heavy atom. The maximum atomic E-state index is 4.45. The minimum absolute atomic E-state index is 0.384. The lowest BCUT2D eigenvalue weighted by atomic mass is 9.84. The van der Waals surface area contributed by atoms with Gasteiger partial charge in [0.2, 0.25) is 0 Å². The largest absolute Gasteiger partial charge is 0.373 e. The minimum atomic E-state index is 0.384. The first-order valence-corrected chi connectivity index (χ1v) is 6.28. The quantitative estimate of drug-likeness (QED) is 0.853. The third-order valence-corrected chi connectivity index (χ3v) is 3.49. The van der Waals surface area contributed by atoms with Crippen LogP contribution in [0.3, 0.4) is 0 Å². The van der Waals surface area contributed by atoms with Gasteiger partial charge in [-0.3, -0.25) is 0 Å². The Morgan fingerprint density at radius 3 is 2.76 bits per heavy atom. The van der Waals surface area contributed by atoms with Crippen molar-refractivity contribution in [2.75, 3.05) is 30.4 Å². The summed E-state index contributed by atoms with van der Waals surface area (Å²) in [5, 5.41) is 3.12. The van der Waals surface area contributed by atoms with Crippen LogP contribution in [0.2, 0.25) is 0 Å². The molecular formula is C13H22N4. The van der Waals surface area contributed by atoms with Crippen LogP contribution in [0.25, 0.3) is 0 Å². The fourth-order valence-electron chi connectivity index (χ4n) is 2.62. The Hall–Kier alpha value is -1.32. The highest BCUT2D eigenvalue weighted by Crippen LogP contribution is 2.32. The molecule has 0 aliphatic carbocycles. The highest BCUT2D eigenvalue weighted by Gasteiger charge is 2.28. The predicted molar refractivity (Wildman–Crippen MR) is 71.5 cm³/mol. The van der Waals surface area contributed by atoms with E-state index in [4.69, 9.17) is 0 Å². The van der Waals surface area contributed by atoms with E-state index in [2.05, 4.69) is 41.0 Å². The molecular weight excluding hydrogens is 212 g/mol. The molecule has 94 valence electrons. The lowest BCUT2D eigenvalue weighted by Gasteiger charge is -2.39. The average molecular weight is 234 g/mol. The molecule has 1 N–H and O–H groups in total. The number of anilines is 2. The molecule has 1 aliphatic rings. The van der Waals surface area contributed by atoms with E-state index >= 15 is 0 Å². The standard InChI is InChI=1S/C13H22N4/c1-10-11(14-4)15-9-16-12(10)17-7-5-6-13(2,3)8-17/h9H,5-8H2,1-4H3,(H,14,15,16). The highest BCUT2D eigenvalue weighted by atomic mass is 15.2. The highest BCUT2D eigenvalue weighted by molar-refractivity contribution is 5.57. The predicted octanol–water partition coefficient (Wildman–Crippen LogP) is 2.45. The summed E-state index contributed by atoms with van der Waals surface area (Å²) in [6.07, 6.45) is 4.19. The molecule has 0 amide bonds. The first-order chi connectivity index (χ1) is 8.03. The van der Waals surface area contributed by atoms with Crippen molar-refractivity contribution < 1.29 is 0 Å². The summed E-state index contributed by atoms with van der Waals surface area (Å²) in [6.45, 7) is 8.92. The summed E-state index contributed by atoms with van der Waals surface area (Å²) < 4.78 is 0. The van der Waals surface area contributed by atoms with Crippen molar-refractivity contribution in [3.05, 3.63) is 11.9 Å². The van der Waals surface area contributed by atoms with Crippen molar-refractivity contribution in [1.82, 2.24) is 9.97 Å². The van der Waals surface area contributed by atoms with Crippen LogP contribution in [-0.4, -0.2) is 30.1 Å². The van der Waals surface area contributed by atoms with Gasteiger partial charge >= 0.3 is 0 Å². The van der Waals surface area contributed by atoms with Crippen molar-refractivity contribution in [2.24, 2.45) is 5.41 Å². The second-order valence-corrected chi connectivity index (χ2v) is 5.61. The molecule has 2 heterocycles. The zero-order valence-corrected chi connectivity index (χ0v) is 11.2. The maximum Gasteiger partial charge on any atom is 0.137 e. The fraction of sp³-hybridized carbons (Fsp3) is 0.692. The molecule has 0 radical (unpaired) electrons. The van der Waals surface area contributed by atoms with Gasteiger partial charge in [-0.2, -0.15) is 0 Å². The zero-order chi connectivity index (χ0) is 12.5. The molecule has 0 saturated carbocycles. The summed E-state index contributed by atoms with van der Waals surface area (Å²) in [4.78, 5) is 11.1. The molecule has 1 aromatic rings. The van der Waals surface area contributed by atoms with E-state index in [9.17, 15) is 0 Å². The number of piperidine rings is 1. The topological polar surface area (TPSA) is 41.1 Å². The van der Waals surface area contributed by atoms with Gasteiger partial charge < -0.3 is 10.2 Å². The molecule has 17 heavy (non-hydrogen) atoms. The van der Waals surface area contributed by atoms with E-state index in [0.717, 1.165) is 30.3 Å². The van der Waals surface area contributed by atoms with Gasteiger partial charge in [-0.05, 0) is 25.2 Å². The molecule has 1 aliphatic heterocycles. The Morgan fingerprint density at radius 2 is 2.12 bits per heavy atom. The Bertz CT molecular complexity index is 400. The Balaban J connectivity index is 2.28. The molecule has 0 aromatic carbocycles. The van der Waals surface area contributed by atoms with Gasteiger partial charge in [0.15, 0.2) is 0 Å². The number of hydrogen-bond acceptors (Lipinski definition) is 4. The summed E-state index contributed by atoms with van der Waals surface area (Å²) >= 11 is 0. The molecule has 1 aromatic heterocycles. The van der Waals surface area contributed by atoms with Crippen LogP contribution in [0.15, 0.2) is 6.33 Å². The third-order valence-electron chi connectivity index (χ3n) is 3.49. The molecule has 1 saturated heterocycles. The van der Waals surface area contributed by atoms with E-state index in [1.807, 2.05) is 7.05 Å². The molecule has 1 fully saturated rings. The van der Waals surface area contributed by atoms with Crippen LogP contribution in [0.1, 0.15) is 32.3 Å². The van der Waals surface area contributed by atoms with Crippen molar-refractivity contribution >= 4 is 11.6 Å². The van der Waals surface area contributed by atoms with Crippen LogP contribution in [0.5, 0.6) is 0 Å². The minimum Gasteiger partial charge on any atom is -0.373 e. The number of hydrogen-bond donors (Lipinski definition) is 1. The van der Waals surface area contributed by atoms with E-state index < -0.39 is 0 Å². The van der Waals surface area contributed by atoms with Crippen LogP contribution >= 0.6 is 0 Å². The molecule has 0 bridgehead atoms. The summed E-state index contributed by atoms with van der Waals surface area (Å²) in [5.74, 6) is 2.01. The molecule has 0 spiro atoms. The van der Waals surface area contributed by atoms with Gasteiger partial charge in [-0.15, -0.1) is 0 Å². The number of rotatable bonds is 2. The molecule has 2 rings (SSSR count). The number of nitrogens with zero attached hydrogens (tertiary/aromatic N) is 3. The summed E-state index contributed by atoms with van der Waals surface area (Å²) in [6, 6.07) is 0. The lowest BCUT2D eigenvalue weighted by Crippen LogP contribution is -2.41. The van der Waals surface area contributed by atoms with Gasteiger partial charge in [0.1, 0.15) is 18.0 Å². The van der Waals surface area contributed by atoms with Crippen LogP contribution in [0, 0.1) is 12.3 Å². The smallest absolute Gasteiger partial charge is 0.137 e. The first kappa shape index (κ1) is 12.1. The van der Waals surface area contributed by atoms with Gasteiger partial charge in [-0.25, -0.2) is 9.97 Å². The maximum absolute atomic E-state index is 4.45. The van der Waals surface area contributed by atoms with Crippen molar-refractivity contribution in [3.63, 3.8) is 0 Å². The normalized spacial score (nSPS) is 19.2. The zero-order valence-electron chi connectivity index (χ0n) is 11.2. The van der Waals surface area contributed by atoms with Crippen molar-refractivity contribution in [1.29, 1.82) is 0 Å². The lowest BCUT2D eigenvalue weighted by molar-refractivity contribution is 0.292. The van der Waals surface area contributed by atoms with E-state index in [1.54, 1.807) is 6.33 Å². The van der Waals surface area contributed by atoms with Crippen LogP contribution in [-0.2, 0) is 0 Å². The first-order valence-electron chi connectivity index (χ1n) is 6.28. The summed E-state index contributed by atoms with van der Waals surface area (Å²) in [7, 11) is 1.90. The van der Waals surface area contributed by atoms with Crippen LogP contribution in [0.4, 0.5) is 11.6 Å². The van der Waals surface area contributed by atoms with E-state index in [-0.39, 0.29) is 0 Å². The van der Waals surface area contributed by atoms with E-state index in [1.165, 1.54) is 12.8 Å². The van der Waals surface area contributed by atoms with Crippen molar-refractivity contribution in [2.45, 2.75) is 33.6 Å². The van der Waals surface area contributed by atoms with E-state index in [0.29, 0.717) is 5.41 Å². The monoisotopic (exact) mass is 234 g/mol. The average Bonchev–Trinajstić information content (AvgIpc) is 2.28. The summed E-state index contributed by atoms with van der Waals surface area (Å²) in [5.41, 5.74) is 1.53. The third kappa shape index (κ3) is 2.51. The molecule has 4 nitrogen and oxygen atoms in total. The SMILES string of the molecule is CNc1ncnc(N2CCCC(C)(C)C2)c1C. The van der Waals surface area contributed by atoms with Gasteiger partial charge in [0.05, 0.1) is 0 Å². The second-order valence-electron chi connectivity index (χ2n) is 5.61. The van der Waals surface area contributed by atoms with Gasteiger partial charge in [0.25, 0.3) is 0 Å².